The Bertz CT molecular complexity index is 766. The molecule has 0 aliphatic carbocycles. The molecular weight excluding hydrogens is 344 g/mol. The molecule has 1 N–H and O–H groups in total. The molecule has 1 saturated heterocycles. The number of carbonyl (C=O) groups is 1. The summed E-state index contributed by atoms with van der Waals surface area (Å²) in [6.07, 6.45) is 6.86. The third-order valence-corrected chi connectivity index (χ3v) is 5.11. The Labute approximate surface area is 160 Å². The number of nitrogens with one attached hydrogen (secondary N) is 1. The molecule has 1 aromatic carbocycles. The van der Waals surface area contributed by atoms with Gasteiger partial charge in [0.1, 0.15) is 5.82 Å². The van der Waals surface area contributed by atoms with E-state index in [1.807, 2.05) is 17.2 Å². The average molecular weight is 372 g/mol. The summed E-state index contributed by atoms with van der Waals surface area (Å²) >= 11 is 0. The molecule has 146 valence electrons. The van der Waals surface area contributed by atoms with Crippen LogP contribution in [-0.4, -0.2) is 47.8 Å². The van der Waals surface area contributed by atoms with Gasteiger partial charge in [0.2, 0.25) is 0 Å². The zero-order valence-electron chi connectivity index (χ0n) is 16.3. The SMILES string of the molecule is CCc1nccn1CC1CCN(C(=O)Nc2ccc(OC)c(OC)c2)CC1. The zero-order valence-corrected chi connectivity index (χ0v) is 16.3. The van der Waals surface area contributed by atoms with Crippen LogP contribution in [0.1, 0.15) is 25.6 Å². The van der Waals surface area contributed by atoms with Gasteiger partial charge >= 0.3 is 6.03 Å². The van der Waals surface area contributed by atoms with Crippen molar-refractivity contribution in [1.29, 1.82) is 0 Å². The third-order valence-electron chi connectivity index (χ3n) is 5.11. The van der Waals surface area contributed by atoms with Crippen molar-refractivity contribution in [2.75, 3.05) is 32.6 Å². The van der Waals surface area contributed by atoms with Gasteiger partial charge in [-0.15, -0.1) is 0 Å². The van der Waals surface area contributed by atoms with E-state index in [0.29, 0.717) is 23.1 Å². The lowest BCUT2D eigenvalue weighted by Gasteiger charge is -2.32. The predicted molar refractivity (Wildman–Crippen MR) is 104 cm³/mol. The Balaban J connectivity index is 1.52. The van der Waals surface area contributed by atoms with Crippen molar-refractivity contribution in [1.82, 2.24) is 14.5 Å². The van der Waals surface area contributed by atoms with E-state index in [2.05, 4.69) is 28.0 Å². The molecule has 3 rings (SSSR count). The number of methoxy groups -OCH3 is 2. The summed E-state index contributed by atoms with van der Waals surface area (Å²) in [5, 5.41) is 2.95. The number of hydrogen-bond acceptors (Lipinski definition) is 4. The van der Waals surface area contributed by atoms with Crippen molar-refractivity contribution in [3.05, 3.63) is 36.4 Å². The van der Waals surface area contributed by atoms with Gasteiger partial charge < -0.3 is 24.3 Å². The number of aryl methyl sites for hydroxylation is 1. The maximum absolute atomic E-state index is 12.6. The summed E-state index contributed by atoms with van der Waals surface area (Å²) in [6, 6.07) is 5.31. The molecule has 0 saturated carbocycles. The number of nitrogens with zero attached hydrogens (tertiary/aromatic N) is 3. The predicted octanol–water partition coefficient (Wildman–Crippen LogP) is 3.41. The molecule has 2 amide bonds. The largest absolute Gasteiger partial charge is 0.493 e. The van der Waals surface area contributed by atoms with Gasteiger partial charge in [0.05, 0.1) is 14.2 Å². The molecule has 7 heteroatoms. The molecule has 27 heavy (non-hydrogen) atoms. The quantitative estimate of drug-likeness (QED) is 0.844. The highest BCUT2D eigenvalue weighted by Crippen LogP contribution is 2.30. The van der Waals surface area contributed by atoms with Gasteiger partial charge in [-0.05, 0) is 30.9 Å². The van der Waals surface area contributed by atoms with Gasteiger partial charge in [0, 0.05) is 50.2 Å². The van der Waals surface area contributed by atoms with Gasteiger partial charge in [0.15, 0.2) is 11.5 Å². The van der Waals surface area contributed by atoms with E-state index < -0.39 is 0 Å². The van der Waals surface area contributed by atoms with E-state index in [0.717, 1.165) is 44.7 Å². The number of ether oxygens (including phenoxy) is 2. The second-order valence-electron chi connectivity index (χ2n) is 6.78. The highest BCUT2D eigenvalue weighted by Gasteiger charge is 2.23. The lowest BCUT2D eigenvalue weighted by molar-refractivity contribution is 0.176. The van der Waals surface area contributed by atoms with E-state index in [1.165, 1.54) is 0 Å². The zero-order chi connectivity index (χ0) is 19.2. The first-order valence-electron chi connectivity index (χ1n) is 9.42. The van der Waals surface area contributed by atoms with Crippen LogP contribution < -0.4 is 14.8 Å². The number of benzene rings is 1. The molecule has 0 spiro atoms. The second-order valence-corrected chi connectivity index (χ2v) is 6.78. The number of piperidine rings is 1. The maximum atomic E-state index is 12.6. The first-order chi connectivity index (χ1) is 13.1. The van der Waals surface area contributed by atoms with Crippen LogP contribution in [-0.2, 0) is 13.0 Å². The molecule has 0 radical (unpaired) electrons. The van der Waals surface area contributed by atoms with Gasteiger partial charge in [-0.25, -0.2) is 9.78 Å². The van der Waals surface area contributed by atoms with Crippen LogP contribution in [0, 0.1) is 5.92 Å². The third kappa shape index (κ3) is 4.53. The number of hydrogen-bond donors (Lipinski definition) is 1. The molecule has 1 aliphatic rings. The van der Waals surface area contributed by atoms with Crippen LogP contribution >= 0.6 is 0 Å². The van der Waals surface area contributed by atoms with E-state index in [4.69, 9.17) is 9.47 Å². The molecule has 1 aliphatic heterocycles. The van der Waals surface area contributed by atoms with Crippen molar-refractivity contribution < 1.29 is 14.3 Å². The van der Waals surface area contributed by atoms with Crippen LogP contribution in [0.3, 0.4) is 0 Å². The Morgan fingerprint density at radius 3 is 2.63 bits per heavy atom. The first-order valence-corrected chi connectivity index (χ1v) is 9.42. The number of aromatic nitrogens is 2. The molecule has 0 atom stereocenters. The van der Waals surface area contributed by atoms with E-state index in [1.54, 1.807) is 26.4 Å². The Morgan fingerprint density at radius 1 is 1.22 bits per heavy atom. The fourth-order valence-electron chi connectivity index (χ4n) is 3.53. The van der Waals surface area contributed by atoms with Crippen LogP contribution in [0.25, 0.3) is 0 Å². The molecule has 7 nitrogen and oxygen atoms in total. The standard InChI is InChI=1S/C20H28N4O3/c1-4-19-21-9-12-24(19)14-15-7-10-23(11-8-15)20(25)22-16-5-6-17(26-2)18(13-16)27-3/h5-6,9,12-13,15H,4,7-8,10-11,14H2,1-3H3,(H,22,25). The minimum Gasteiger partial charge on any atom is -0.493 e. The number of imidazole rings is 1. The normalized spacial score (nSPS) is 14.9. The summed E-state index contributed by atoms with van der Waals surface area (Å²) in [7, 11) is 3.17. The Kier molecular flexibility index (Phi) is 6.21. The van der Waals surface area contributed by atoms with Crippen molar-refractivity contribution in [3.63, 3.8) is 0 Å². The number of likely N-dealkylation sites (tertiary alicyclic amines) is 1. The maximum Gasteiger partial charge on any atom is 0.321 e. The second kappa shape index (κ2) is 8.79. The van der Waals surface area contributed by atoms with E-state index in [-0.39, 0.29) is 6.03 Å². The van der Waals surface area contributed by atoms with Crippen molar-refractivity contribution in [2.45, 2.75) is 32.7 Å². The van der Waals surface area contributed by atoms with Gasteiger partial charge in [-0.3, -0.25) is 0 Å². The van der Waals surface area contributed by atoms with Crippen LogP contribution in [0.4, 0.5) is 10.5 Å². The minimum atomic E-state index is -0.0717. The van der Waals surface area contributed by atoms with Crippen LogP contribution in [0.15, 0.2) is 30.6 Å². The summed E-state index contributed by atoms with van der Waals surface area (Å²) in [5.41, 5.74) is 0.700. The molecule has 0 bridgehead atoms. The Hall–Kier alpha value is -2.70. The van der Waals surface area contributed by atoms with Crippen molar-refractivity contribution in [2.24, 2.45) is 5.92 Å². The number of rotatable bonds is 6. The van der Waals surface area contributed by atoms with Crippen LogP contribution in [0.5, 0.6) is 11.5 Å². The lowest BCUT2D eigenvalue weighted by atomic mass is 9.97. The van der Waals surface area contributed by atoms with E-state index in [9.17, 15) is 4.79 Å². The average Bonchev–Trinajstić information content (AvgIpc) is 3.15. The molecule has 2 heterocycles. The number of anilines is 1. The fourth-order valence-corrected chi connectivity index (χ4v) is 3.53. The molecule has 0 unspecified atom stereocenters. The molecular formula is C20H28N4O3. The van der Waals surface area contributed by atoms with Crippen molar-refractivity contribution >= 4 is 11.7 Å². The van der Waals surface area contributed by atoms with E-state index >= 15 is 0 Å². The highest BCUT2D eigenvalue weighted by atomic mass is 16.5. The molecule has 1 aromatic heterocycles. The van der Waals surface area contributed by atoms with Gasteiger partial charge in [0.25, 0.3) is 0 Å². The topological polar surface area (TPSA) is 68.6 Å². The summed E-state index contributed by atoms with van der Waals surface area (Å²) in [5.74, 6) is 2.95. The fraction of sp³-hybridized carbons (Fsp3) is 0.500. The Morgan fingerprint density at radius 2 is 1.96 bits per heavy atom. The van der Waals surface area contributed by atoms with Gasteiger partial charge in [-0.2, -0.15) is 0 Å². The molecule has 2 aromatic rings. The summed E-state index contributed by atoms with van der Waals surface area (Å²) in [6.45, 7) is 4.63. The summed E-state index contributed by atoms with van der Waals surface area (Å²) < 4.78 is 12.8. The number of carbonyl (C=O) groups excluding carboxylic acids is 1. The van der Waals surface area contributed by atoms with Crippen molar-refractivity contribution in [3.8, 4) is 11.5 Å². The number of urea groups is 1. The minimum absolute atomic E-state index is 0.0717. The number of amides is 2. The smallest absolute Gasteiger partial charge is 0.321 e. The molecule has 1 fully saturated rings. The first kappa shape index (κ1) is 19.1. The van der Waals surface area contributed by atoms with Crippen LogP contribution in [0.2, 0.25) is 0 Å². The summed E-state index contributed by atoms with van der Waals surface area (Å²) in [4.78, 5) is 18.8. The lowest BCUT2D eigenvalue weighted by Crippen LogP contribution is -2.41. The highest BCUT2D eigenvalue weighted by molar-refractivity contribution is 5.89. The van der Waals surface area contributed by atoms with Gasteiger partial charge in [-0.1, -0.05) is 6.92 Å². The monoisotopic (exact) mass is 372 g/mol.